The number of rotatable bonds is 6. The van der Waals surface area contributed by atoms with Crippen LogP contribution in [0.25, 0.3) is 0 Å². The summed E-state index contributed by atoms with van der Waals surface area (Å²) in [6.45, 7) is 3.35. The Morgan fingerprint density at radius 2 is 2.10 bits per heavy atom. The molecule has 7 nitrogen and oxygen atoms in total. The van der Waals surface area contributed by atoms with E-state index >= 15 is 0 Å². The molecule has 160 valence electrons. The number of aromatic nitrogens is 2. The summed E-state index contributed by atoms with van der Waals surface area (Å²) in [7, 11) is 5.72. The van der Waals surface area contributed by atoms with Gasteiger partial charge >= 0.3 is 0 Å². The van der Waals surface area contributed by atoms with Gasteiger partial charge in [0, 0.05) is 51.1 Å². The summed E-state index contributed by atoms with van der Waals surface area (Å²) in [5.41, 5.74) is 3.44. The van der Waals surface area contributed by atoms with Crippen molar-refractivity contribution in [2.45, 2.75) is 38.1 Å². The third kappa shape index (κ3) is 4.26. The van der Waals surface area contributed by atoms with Gasteiger partial charge in [-0.05, 0) is 37.9 Å². The molecule has 1 aromatic carbocycles. The molecule has 1 aromatic heterocycles. The van der Waals surface area contributed by atoms with Crippen LogP contribution in [0.3, 0.4) is 0 Å². The van der Waals surface area contributed by atoms with Crippen LogP contribution in [-0.2, 0) is 24.2 Å². The molecule has 7 heteroatoms. The van der Waals surface area contributed by atoms with Crippen molar-refractivity contribution < 1.29 is 9.53 Å². The van der Waals surface area contributed by atoms with E-state index in [1.807, 2.05) is 36.2 Å². The molecule has 0 spiro atoms. The molecule has 2 aliphatic heterocycles. The van der Waals surface area contributed by atoms with Gasteiger partial charge in [-0.1, -0.05) is 18.2 Å². The quantitative estimate of drug-likeness (QED) is 0.790. The fourth-order valence-corrected chi connectivity index (χ4v) is 4.48. The second kappa shape index (κ2) is 9.00. The minimum atomic E-state index is 0.190. The van der Waals surface area contributed by atoms with E-state index in [0.717, 1.165) is 61.1 Å². The molecule has 30 heavy (non-hydrogen) atoms. The molecule has 1 atom stereocenters. The van der Waals surface area contributed by atoms with E-state index in [9.17, 15) is 4.79 Å². The molecule has 1 fully saturated rings. The van der Waals surface area contributed by atoms with E-state index in [4.69, 9.17) is 14.7 Å². The molecular formula is C23H31N5O2. The van der Waals surface area contributed by atoms with Crippen molar-refractivity contribution in [3.8, 4) is 5.75 Å². The van der Waals surface area contributed by atoms with Crippen LogP contribution < -0.4 is 10.1 Å². The number of amides is 1. The van der Waals surface area contributed by atoms with Crippen molar-refractivity contribution in [2.75, 3.05) is 46.2 Å². The highest BCUT2D eigenvalue weighted by atomic mass is 16.5. The molecule has 0 saturated carbocycles. The Bertz CT molecular complexity index is 916. The van der Waals surface area contributed by atoms with Gasteiger partial charge in [-0.15, -0.1) is 0 Å². The first kappa shape index (κ1) is 20.6. The molecule has 3 heterocycles. The number of hydrogen-bond acceptors (Lipinski definition) is 6. The molecule has 1 unspecified atom stereocenters. The lowest BCUT2D eigenvalue weighted by Gasteiger charge is -2.26. The van der Waals surface area contributed by atoms with Gasteiger partial charge in [-0.25, -0.2) is 9.97 Å². The Morgan fingerprint density at radius 1 is 1.27 bits per heavy atom. The second-order valence-electron chi connectivity index (χ2n) is 8.23. The van der Waals surface area contributed by atoms with Gasteiger partial charge < -0.3 is 19.9 Å². The Morgan fingerprint density at radius 3 is 2.90 bits per heavy atom. The molecule has 2 aromatic rings. The largest absolute Gasteiger partial charge is 0.496 e. The number of hydrogen-bond donors (Lipinski definition) is 1. The average Bonchev–Trinajstić information content (AvgIpc) is 3.27. The first-order valence-electron chi connectivity index (χ1n) is 10.7. The van der Waals surface area contributed by atoms with Crippen LogP contribution in [-0.4, -0.2) is 66.5 Å². The number of aryl methyl sites for hydroxylation is 1. The lowest BCUT2D eigenvalue weighted by Crippen LogP contribution is -2.30. The Balaban J connectivity index is 1.42. The van der Waals surface area contributed by atoms with Gasteiger partial charge in [0.2, 0.25) is 5.91 Å². The topological polar surface area (TPSA) is 70.6 Å². The number of benzene rings is 1. The number of likely N-dealkylation sites (tertiary alicyclic amines) is 1. The lowest BCUT2D eigenvalue weighted by atomic mass is 10.0. The monoisotopic (exact) mass is 409 g/mol. The van der Waals surface area contributed by atoms with Gasteiger partial charge in [-0.2, -0.15) is 0 Å². The van der Waals surface area contributed by atoms with Gasteiger partial charge in [0.15, 0.2) is 0 Å². The lowest BCUT2D eigenvalue weighted by molar-refractivity contribution is -0.130. The number of methoxy groups -OCH3 is 1. The van der Waals surface area contributed by atoms with Crippen molar-refractivity contribution >= 4 is 11.7 Å². The summed E-state index contributed by atoms with van der Waals surface area (Å²) in [6, 6.07) is 7.90. The highest BCUT2D eigenvalue weighted by Gasteiger charge is 2.31. The van der Waals surface area contributed by atoms with Gasteiger partial charge in [0.25, 0.3) is 0 Å². The summed E-state index contributed by atoms with van der Waals surface area (Å²) in [5.74, 6) is 3.05. The number of para-hydroxylation sites is 1. The summed E-state index contributed by atoms with van der Waals surface area (Å²) in [5, 5.41) is 3.26. The number of ether oxygens (including phenoxy) is 1. The normalized spacial score (nSPS) is 18.9. The van der Waals surface area contributed by atoms with Crippen molar-refractivity contribution in [2.24, 2.45) is 0 Å². The van der Waals surface area contributed by atoms with Crippen LogP contribution in [0.4, 0.5) is 5.82 Å². The van der Waals surface area contributed by atoms with Crippen LogP contribution >= 0.6 is 0 Å². The van der Waals surface area contributed by atoms with E-state index < -0.39 is 0 Å². The standard InChI is InChI=1S/C23H31N5O2/c1-24-23-18-11-12-27(2)15-19(18)25-22(26-23)17-10-13-28(14-17)21(29)9-8-16-6-4-5-7-20(16)30-3/h4-7,17H,8-15H2,1-3H3,(H,24,25,26). The maximum Gasteiger partial charge on any atom is 0.222 e. The maximum atomic E-state index is 12.8. The summed E-state index contributed by atoms with van der Waals surface area (Å²) in [4.78, 5) is 26.8. The molecule has 1 amide bonds. The van der Waals surface area contributed by atoms with E-state index in [2.05, 4.69) is 17.3 Å². The van der Waals surface area contributed by atoms with Crippen LogP contribution in [0, 0.1) is 0 Å². The number of carbonyl (C=O) groups excluding carboxylic acids is 1. The minimum absolute atomic E-state index is 0.190. The van der Waals surface area contributed by atoms with Crippen molar-refractivity contribution in [3.05, 3.63) is 46.9 Å². The molecule has 1 saturated heterocycles. The minimum Gasteiger partial charge on any atom is -0.496 e. The summed E-state index contributed by atoms with van der Waals surface area (Å²) in [6.07, 6.45) is 3.07. The number of fused-ring (bicyclic) bond motifs is 1. The highest BCUT2D eigenvalue weighted by Crippen LogP contribution is 2.30. The van der Waals surface area contributed by atoms with E-state index in [0.29, 0.717) is 19.4 Å². The van der Waals surface area contributed by atoms with Crippen LogP contribution in [0.15, 0.2) is 24.3 Å². The molecular weight excluding hydrogens is 378 g/mol. The van der Waals surface area contributed by atoms with Crippen molar-refractivity contribution in [1.29, 1.82) is 0 Å². The predicted molar refractivity (Wildman–Crippen MR) is 117 cm³/mol. The number of anilines is 1. The third-order valence-electron chi connectivity index (χ3n) is 6.22. The molecule has 0 radical (unpaired) electrons. The van der Waals surface area contributed by atoms with E-state index in [-0.39, 0.29) is 11.8 Å². The maximum absolute atomic E-state index is 12.8. The first-order valence-corrected chi connectivity index (χ1v) is 10.7. The van der Waals surface area contributed by atoms with E-state index in [1.165, 1.54) is 5.56 Å². The van der Waals surface area contributed by atoms with Gasteiger partial charge in [0.05, 0.1) is 12.8 Å². The molecule has 0 bridgehead atoms. The highest BCUT2D eigenvalue weighted by molar-refractivity contribution is 5.77. The van der Waals surface area contributed by atoms with Crippen molar-refractivity contribution in [1.82, 2.24) is 19.8 Å². The zero-order chi connectivity index (χ0) is 21.1. The van der Waals surface area contributed by atoms with Gasteiger partial charge in [-0.3, -0.25) is 4.79 Å². The smallest absolute Gasteiger partial charge is 0.222 e. The first-order chi connectivity index (χ1) is 14.6. The summed E-state index contributed by atoms with van der Waals surface area (Å²) >= 11 is 0. The zero-order valence-electron chi connectivity index (χ0n) is 18.1. The third-order valence-corrected chi connectivity index (χ3v) is 6.22. The number of nitrogens with zero attached hydrogens (tertiary/aromatic N) is 4. The number of nitrogens with one attached hydrogen (secondary N) is 1. The Hall–Kier alpha value is -2.67. The molecule has 2 aliphatic rings. The Labute approximate surface area is 178 Å². The molecule has 0 aliphatic carbocycles. The fraction of sp³-hybridized carbons (Fsp3) is 0.522. The van der Waals surface area contributed by atoms with E-state index in [1.54, 1.807) is 7.11 Å². The average molecular weight is 410 g/mol. The zero-order valence-corrected chi connectivity index (χ0v) is 18.1. The van der Waals surface area contributed by atoms with Crippen molar-refractivity contribution in [3.63, 3.8) is 0 Å². The summed E-state index contributed by atoms with van der Waals surface area (Å²) < 4.78 is 5.40. The Kier molecular flexibility index (Phi) is 6.18. The van der Waals surface area contributed by atoms with Crippen LogP contribution in [0.5, 0.6) is 5.75 Å². The molecule has 4 rings (SSSR count). The number of likely N-dealkylation sites (N-methyl/N-ethyl adjacent to an activating group) is 1. The van der Waals surface area contributed by atoms with Crippen LogP contribution in [0.2, 0.25) is 0 Å². The predicted octanol–water partition coefficient (Wildman–Crippen LogP) is 2.46. The van der Waals surface area contributed by atoms with Gasteiger partial charge in [0.1, 0.15) is 17.4 Å². The molecule has 1 N–H and O–H groups in total. The van der Waals surface area contributed by atoms with Crippen LogP contribution in [0.1, 0.15) is 41.4 Å². The SMILES string of the molecule is CNc1nc(C2CCN(C(=O)CCc3ccccc3OC)C2)nc2c1CCN(C)C2. The second-order valence-corrected chi connectivity index (χ2v) is 8.23. The number of carbonyl (C=O) groups is 1. The fourth-order valence-electron chi connectivity index (χ4n) is 4.48.